The summed E-state index contributed by atoms with van der Waals surface area (Å²) >= 11 is 0. The van der Waals surface area contributed by atoms with Crippen molar-refractivity contribution in [2.24, 2.45) is 0 Å². The summed E-state index contributed by atoms with van der Waals surface area (Å²) < 4.78 is 10.9. The third kappa shape index (κ3) is 7.97. The van der Waals surface area contributed by atoms with Gasteiger partial charge in [-0.1, -0.05) is 6.92 Å². The minimum absolute atomic E-state index is 0.315. The molecule has 0 saturated carbocycles. The lowest BCUT2D eigenvalue weighted by Gasteiger charge is -2.05. The number of hydrogen-bond acceptors (Lipinski definition) is 3. The third-order valence-corrected chi connectivity index (χ3v) is 2.57. The zero-order chi connectivity index (χ0) is 8.69. The van der Waals surface area contributed by atoms with E-state index in [-0.39, 0.29) is 6.10 Å². The fourth-order valence-corrected chi connectivity index (χ4v) is 1.30. The van der Waals surface area contributed by atoms with Crippen molar-refractivity contribution in [1.29, 1.82) is 0 Å². The Morgan fingerprint density at radius 3 is 2.73 bits per heavy atom. The lowest BCUT2D eigenvalue weighted by Crippen LogP contribution is -2.28. The molecule has 2 N–H and O–H groups in total. The molecule has 0 aromatic carbocycles. The SMILES string of the molecule is CCS(=O)CCNC[C@@H](C)O. The van der Waals surface area contributed by atoms with Crippen LogP contribution in [-0.4, -0.2) is 40.0 Å². The highest BCUT2D eigenvalue weighted by atomic mass is 32.2. The second-order valence-corrected chi connectivity index (χ2v) is 4.35. The number of hydrogen-bond donors (Lipinski definition) is 2. The normalized spacial score (nSPS) is 16.3. The van der Waals surface area contributed by atoms with E-state index in [1.165, 1.54) is 0 Å². The molecule has 0 bridgehead atoms. The van der Waals surface area contributed by atoms with Gasteiger partial charge in [-0.25, -0.2) is 0 Å². The largest absolute Gasteiger partial charge is 0.392 e. The Bertz CT molecular complexity index is 117. The summed E-state index contributed by atoms with van der Waals surface area (Å²) in [7, 11) is -0.686. The van der Waals surface area contributed by atoms with E-state index in [9.17, 15) is 4.21 Å². The van der Waals surface area contributed by atoms with Crippen LogP contribution in [0.15, 0.2) is 0 Å². The maximum absolute atomic E-state index is 10.9. The smallest absolute Gasteiger partial charge is 0.0636 e. The molecular formula is C7H17NO2S. The summed E-state index contributed by atoms with van der Waals surface area (Å²) in [5.41, 5.74) is 0. The van der Waals surface area contributed by atoms with E-state index in [0.29, 0.717) is 12.3 Å². The van der Waals surface area contributed by atoms with Crippen LogP contribution in [0.4, 0.5) is 0 Å². The molecule has 0 saturated heterocycles. The molecule has 0 spiro atoms. The quantitative estimate of drug-likeness (QED) is 0.552. The Balaban J connectivity index is 3.08. The van der Waals surface area contributed by atoms with Crippen LogP contribution in [0.25, 0.3) is 0 Å². The van der Waals surface area contributed by atoms with E-state index in [4.69, 9.17) is 5.11 Å². The zero-order valence-electron chi connectivity index (χ0n) is 7.17. The summed E-state index contributed by atoms with van der Waals surface area (Å²) in [6, 6.07) is 0. The van der Waals surface area contributed by atoms with Gasteiger partial charge < -0.3 is 10.4 Å². The summed E-state index contributed by atoms with van der Waals surface area (Å²) in [5, 5.41) is 11.8. The average molecular weight is 179 g/mol. The summed E-state index contributed by atoms with van der Waals surface area (Å²) in [5.74, 6) is 1.40. The molecule has 0 aromatic heterocycles. The molecule has 4 heteroatoms. The van der Waals surface area contributed by atoms with Crippen molar-refractivity contribution in [3.63, 3.8) is 0 Å². The zero-order valence-corrected chi connectivity index (χ0v) is 7.99. The van der Waals surface area contributed by atoms with Gasteiger partial charge in [-0.2, -0.15) is 0 Å². The van der Waals surface area contributed by atoms with Gasteiger partial charge in [0.1, 0.15) is 0 Å². The number of aliphatic hydroxyl groups is 1. The average Bonchev–Trinajstić information content (AvgIpc) is 1.97. The molecular weight excluding hydrogens is 162 g/mol. The summed E-state index contributed by atoms with van der Waals surface area (Å²) in [4.78, 5) is 0. The lowest BCUT2D eigenvalue weighted by atomic mass is 10.4. The molecule has 0 rings (SSSR count). The predicted octanol–water partition coefficient (Wildman–Crippen LogP) is -0.275. The Morgan fingerprint density at radius 2 is 2.27 bits per heavy atom. The van der Waals surface area contributed by atoms with Crippen molar-refractivity contribution in [1.82, 2.24) is 5.32 Å². The van der Waals surface area contributed by atoms with Crippen LogP contribution >= 0.6 is 0 Å². The van der Waals surface area contributed by atoms with Gasteiger partial charge in [0.2, 0.25) is 0 Å². The van der Waals surface area contributed by atoms with Crippen LogP contribution < -0.4 is 5.32 Å². The van der Waals surface area contributed by atoms with Crippen molar-refractivity contribution < 1.29 is 9.32 Å². The van der Waals surface area contributed by atoms with Crippen LogP contribution in [0.1, 0.15) is 13.8 Å². The molecule has 0 heterocycles. The Labute approximate surface area is 70.6 Å². The molecule has 2 atom stereocenters. The van der Waals surface area contributed by atoms with Gasteiger partial charge in [0, 0.05) is 35.4 Å². The molecule has 11 heavy (non-hydrogen) atoms. The highest BCUT2D eigenvalue weighted by Crippen LogP contribution is 1.80. The lowest BCUT2D eigenvalue weighted by molar-refractivity contribution is 0.192. The molecule has 0 amide bonds. The highest BCUT2D eigenvalue weighted by Gasteiger charge is 1.96. The number of rotatable bonds is 6. The third-order valence-electron chi connectivity index (χ3n) is 1.27. The van der Waals surface area contributed by atoms with Crippen LogP contribution in [0.2, 0.25) is 0 Å². The second-order valence-electron chi connectivity index (χ2n) is 2.49. The summed E-state index contributed by atoms with van der Waals surface area (Å²) in [6.07, 6.45) is -0.315. The minimum Gasteiger partial charge on any atom is -0.392 e. The standard InChI is InChI=1S/C7H17NO2S/c1-3-11(10)5-4-8-6-7(2)9/h7-9H,3-6H2,1-2H3/t7-,11?/m1/s1. The van der Waals surface area contributed by atoms with E-state index >= 15 is 0 Å². The molecule has 1 unspecified atom stereocenters. The van der Waals surface area contributed by atoms with Crippen LogP contribution in [0.3, 0.4) is 0 Å². The van der Waals surface area contributed by atoms with E-state index in [1.54, 1.807) is 6.92 Å². The topological polar surface area (TPSA) is 49.3 Å². The highest BCUT2D eigenvalue weighted by molar-refractivity contribution is 7.84. The molecule has 0 fully saturated rings. The van der Waals surface area contributed by atoms with Gasteiger partial charge in [-0.15, -0.1) is 0 Å². The molecule has 0 aliphatic rings. The first kappa shape index (κ1) is 11.1. The molecule has 0 radical (unpaired) electrons. The fraction of sp³-hybridized carbons (Fsp3) is 1.00. The molecule has 0 aliphatic heterocycles. The van der Waals surface area contributed by atoms with Crippen molar-refractivity contribution >= 4 is 10.8 Å². The molecule has 3 nitrogen and oxygen atoms in total. The summed E-state index contributed by atoms with van der Waals surface area (Å²) in [6.45, 7) is 4.95. The first-order valence-corrected chi connectivity index (χ1v) is 5.39. The van der Waals surface area contributed by atoms with Gasteiger partial charge in [0.05, 0.1) is 6.10 Å². The van der Waals surface area contributed by atoms with Crippen molar-refractivity contribution in [3.8, 4) is 0 Å². The molecule has 0 aliphatic carbocycles. The Morgan fingerprint density at radius 1 is 1.64 bits per heavy atom. The number of nitrogens with one attached hydrogen (secondary N) is 1. The van der Waals surface area contributed by atoms with E-state index in [1.807, 2.05) is 6.92 Å². The van der Waals surface area contributed by atoms with Crippen molar-refractivity contribution in [2.75, 3.05) is 24.6 Å². The van der Waals surface area contributed by atoms with Crippen molar-refractivity contribution in [3.05, 3.63) is 0 Å². The number of aliphatic hydroxyl groups excluding tert-OH is 1. The van der Waals surface area contributed by atoms with E-state index < -0.39 is 10.8 Å². The maximum atomic E-state index is 10.9. The first-order chi connectivity index (χ1) is 5.16. The molecule has 68 valence electrons. The van der Waals surface area contributed by atoms with Crippen molar-refractivity contribution in [2.45, 2.75) is 20.0 Å². The van der Waals surface area contributed by atoms with Crippen LogP contribution in [0, 0.1) is 0 Å². The van der Waals surface area contributed by atoms with Crippen LogP contribution in [0.5, 0.6) is 0 Å². The van der Waals surface area contributed by atoms with Gasteiger partial charge >= 0.3 is 0 Å². The van der Waals surface area contributed by atoms with Gasteiger partial charge in [0.25, 0.3) is 0 Å². The fourth-order valence-electron chi connectivity index (χ4n) is 0.641. The van der Waals surface area contributed by atoms with Crippen LogP contribution in [-0.2, 0) is 10.8 Å². The second kappa shape index (κ2) is 6.76. The minimum atomic E-state index is -0.686. The maximum Gasteiger partial charge on any atom is 0.0636 e. The Hall–Kier alpha value is 0.0700. The van der Waals surface area contributed by atoms with Gasteiger partial charge in [-0.3, -0.25) is 4.21 Å². The predicted molar refractivity (Wildman–Crippen MR) is 48.1 cm³/mol. The Kier molecular flexibility index (Phi) is 6.80. The van der Waals surface area contributed by atoms with E-state index in [0.717, 1.165) is 12.3 Å². The monoisotopic (exact) mass is 179 g/mol. The van der Waals surface area contributed by atoms with Gasteiger partial charge in [0.15, 0.2) is 0 Å². The first-order valence-electron chi connectivity index (χ1n) is 3.90. The van der Waals surface area contributed by atoms with Gasteiger partial charge in [-0.05, 0) is 6.92 Å². The van der Waals surface area contributed by atoms with E-state index in [2.05, 4.69) is 5.32 Å². The molecule has 0 aromatic rings.